The van der Waals surface area contributed by atoms with E-state index in [2.05, 4.69) is 54.9 Å². The number of rotatable bonds is 0. The fraction of sp³-hybridized carbons (Fsp3) is 0.417. The quantitative estimate of drug-likeness (QED) is 0.477. The van der Waals surface area contributed by atoms with Gasteiger partial charge < -0.3 is 5.73 Å². The van der Waals surface area contributed by atoms with E-state index in [0.29, 0.717) is 0 Å². The SMILES string of the molecule is Bc1c(B)c(B)c2c(c1B)B(Cl)C1(B)C(B)(B)CC(B)(B)C(=O)C21N. The zero-order valence-corrected chi connectivity index (χ0v) is 17.9. The Labute approximate surface area is 165 Å². The highest BCUT2D eigenvalue weighted by Gasteiger charge is 2.73. The minimum Gasteiger partial charge on any atom is -0.316 e. The number of halogens is 1. The van der Waals surface area contributed by atoms with Crippen LogP contribution in [0.3, 0.4) is 0 Å². The van der Waals surface area contributed by atoms with Gasteiger partial charge in [-0.15, -0.1) is 10.9 Å². The minimum atomic E-state index is -1.05. The van der Waals surface area contributed by atoms with Crippen molar-refractivity contribution in [3.8, 4) is 0 Å². The molecule has 13 heteroatoms. The molecule has 0 saturated heterocycles. The van der Waals surface area contributed by atoms with E-state index in [0.717, 1.165) is 22.9 Å². The second-order valence-corrected chi connectivity index (χ2v) is 10.4. The van der Waals surface area contributed by atoms with Crippen molar-refractivity contribution in [2.24, 2.45) is 5.73 Å². The molecule has 1 aliphatic heterocycles. The van der Waals surface area contributed by atoms with Crippen molar-refractivity contribution in [1.29, 1.82) is 0 Å². The third-order valence-electron chi connectivity index (χ3n) is 7.97. The molecule has 0 radical (unpaired) electrons. The first-order valence-corrected chi connectivity index (χ1v) is 9.68. The van der Waals surface area contributed by atoms with Crippen molar-refractivity contribution in [2.75, 3.05) is 0 Å². The highest BCUT2D eigenvalue weighted by molar-refractivity contribution is 7.21. The lowest BCUT2D eigenvalue weighted by molar-refractivity contribution is -0.128. The average molecular weight is 340 g/mol. The summed E-state index contributed by atoms with van der Waals surface area (Å²) in [6.07, 6.45) is 0.530. The van der Waals surface area contributed by atoms with Crippen molar-refractivity contribution in [2.45, 2.75) is 27.6 Å². The maximum atomic E-state index is 13.7. The van der Waals surface area contributed by atoms with Crippen LogP contribution in [0.15, 0.2) is 0 Å². The summed E-state index contributed by atoms with van der Waals surface area (Å²) in [7, 11) is 19.2. The maximum Gasteiger partial charge on any atom is 0.282 e. The predicted molar refractivity (Wildman–Crippen MR) is 137 cm³/mol. The van der Waals surface area contributed by atoms with Crippen LogP contribution in [-0.4, -0.2) is 82.5 Å². The second kappa shape index (κ2) is 5.19. The van der Waals surface area contributed by atoms with E-state index >= 15 is 0 Å². The van der Waals surface area contributed by atoms with E-state index in [1.165, 1.54) is 16.4 Å². The molecule has 0 bridgehead atoms. The first-order valence-electron chi connectivity index (χ1n) is 9.25. The van der Waals surface area contributed by atoms with Crippen molar-refractivity contribution < 1.29 is 4.79 Å². The van der Waals surface area contributed by atoms with Gasteiger partial charge in [0.05, 0.1) is 21.2 Å². The summed E-state index contributed by atoms with van der Waals surface area (Å²) in [5, 5.41) is -1.15. The number of fused-ring (bicyclic) bond motifs is 3. The summed E-state index contributed by atoms with van der Waals surface area (Å²) in [5.41, 5.74) is 13.0. The molecule has 1 saturated carbocycles. The van der Waals surface area contributed by atoms with Crippen LogP contribution in [0.2, 0.25) is 15.6 Å². The van der Waals surface area contributed by atoms with Gasteiger partial charge in [-0.2, -0.15) is 11.5 Å². The van der Waals surface area contributed by atoms with Crippen molar-refractivity contribution >= 4 is 121 Å². The van der Waals surface area contributed by atoms with Crippen LogP contribution >= 0.6 is 11.5 Å². The summed E-state index contributed by atoms with van der Waals surface area (Å²) >= 11 is 7.16. The molecule has 1 fully saturated rings. The monoisotopic (exact) mass is 341 g/mol. The summed E-state index contributed by atoms with van der Waals surface area (Å²) in [5.74, 6) is 0.136. The Morgan fingerprint density at radius 1 is 0.920 bits per heavy atom. The van der Waals surface area contributed by atoms with Crippen LogP contribution in [0.1, 0.15) is 12.0 Å². The number of hydrogen-bond acceptors (Lipinski definition) is 2. The molecule has 2 atom stereocenters. The number of carbonyl (C=O) groups excluding carboxylic acids is 1. The van der Waals surface area contributed by atoms with Gasteiger partial charge in [-0.3, -0.25) is 4.79 Å². The number of carbonyl (C=O) groups is 1. The van der Waals surface area contributed by atoms with E-state index in [-0.39, 0.29) is 17.1 Å². The molecule has 0 spiro atoms. The van der Waals surface area contributed by atoms with Gasteiger partial charge in [0.15, 0.2) is 0 Å². The lowest BCUT2D eigenvalue weighted by Gasteiger charge is -2.61. The summed E-state index contributed by atoms with van der Waals surface area (Å²) in [6, 6.07) is 0. The molecular formula is C12H22B10ClNO. The number of hydrogen-bond donors (Lipinski definition) is 1. The number of nitrogens with two attached hydrogens (primary N) is 1. The van der Waals surface area contributed by atoms with Crippen LogP contribution in [0.4, 0.5) is 0 Å². The van der Waals surface area contributed by atoms with Crippen molar-refractivity contribution in [1.82, 2.24) is 0 Å². The summed E-state index contributed by atoms with van der Waals surface area (Å²) < 4.78 is 0. The normalized spacial score (nSPS) is 32.2. The standard InChI is InChI=1S/C12H22B10ClNO/c13-3-2-7(6(16)5(15)4(3)14)22(23)12(21)10(19,20)1-9(17,18)8(25)11(2,12)24/h1,13-21,24H2. The summed E-state index contributed by atoms with van der Waals surface area (Å²) in [4.78, 5) is 13.7. The Kier molecular flexibility index (Phi) is 4.06. The molecule has 1 aliphatic carbocycles. The number of benzene rings is 1. The molecule has 2 unspecified atom stereocenters. The smallest absolute Gasteiger partial charge is 0.282 e. The lowest BCUT2D eigenvalue weighted by atomic mass is 9.15. The van der Waals surface area contributed by atoms with Crippen LogP contribution in [0.5, 0.6) is 0 Å². The van der Waals surface area contributed by atoms with Gasteiger partial charge in [0.2, 0.25) is 0 Å². The molecule has 1 aromatic carbocycles. The molecule has 3 rings (SSSR count). The van der Waals surface area contributed by atoms with Gasteiger partial charge in [0.25, 0.3) is 6.13 Å². The fourth-order valence-corrected chi connectivity index (χ4v) is 6.78. The van der Waals surface area contributed by atoms with Gasteiger partial charge in [0, 0.05) is 0 Å². The number of ketones is 1. The van der Waals surface area contributed by atoms with Crippen LogP contribution in [0, 0.1) is 0 Å². The van der Waals surface area contributed by atoms with Crippen LogP contribution in [0.25, 0.3) is 0 Å². The van der Waals surface area contributed by atoms with Crippen molar-refractivity contribution in [3.05, 3.63) is 5.56 Å². The second-order valence-electron chi connectivity index (χ2n) is 9.94. The van der Waals surface area contributed by atoms with E-state index in [9.17, 15) is 4.79 Å². The van der Waals surface area contributed by atoms with E-state index < -0.39 is 16.0 Å². The van der Waals surface area contributed by atoms with Gasteiger partial charge >= 0.3 is 0 Å². The molecule has 1 aromatic rings. The molecule has 25 heavy (non-hydrogen) atoms. The third kappa shape index (κ3) is 1.97. The fourth-order valence-electron chi connectivity index (χ4n) is 6.04. The molecule has 118 valence electrons. The molecule has 0 amide bonds. The van der Waals surface area contributed by atoms with Gasteiger partial charge in [-0.25, -0.2) is 0 Å². The third-order valence-corrected chi connectivity index (χ3v) is 8.63. The summed E-state index contributed by atoms with van der Waals surface area (Å²) in [6.45, 7) is 0. The molecule has 2 aliphatic rings. The lowest BCUT2D eigenvalue weighted by Crippen LogP contribution is -2.68. The molecule has 1 heterocycles. The minimum absolute atomic E-state index is 0.136. The Balaban J connectivity index is 2.52. The molecular weight excluding hydrogens is 318 g/mol. The van der Waals surface area contributed by atoms with Crippen molar-refractivity contribution in [3.63, 3.8) is 0 Å². The molecule has 0 aromatic heterocycles. The van der Waals surface area contributed by atoms with E-state index in [1.54, 1.807) is 0 Å². The van der Waals surface area contributed by atoms with Gasteiger partial charge in [0.1, 0.15) is 60.7 Å². The first-order chi connectivity index (χ1) is 11.2. The zero-order chi connectivity index (χ0) is 19.3. The van der Waals surface area contributed by atoms with Gasteiger partial charge in [-0.1, -0.05) is 28.0 Å². The van der Waals surface area contributed by atoms with Gasteiger partial charge in [-0.05, 0) is 16.0 Å². The van der Waals surface area contributed by atoms with E-state index in [1.807, 2.05) is 15.7 Å². The first kappa shape index (κ1) is 19.5. The molecule has 2 N–H and O–H groups in total. The Morgan fingerprint density at radius 3 is 1.92 bits per heavy atom. The van der Waals surface area contributed by atoms with Crippen LogP contribution in [-0.2, 0) is 10.3 Å². The largest absolute Gasteiger partial charge is 0.316 e. The highest BCUT2D eigenvalue weighted by Crippen LogP contribution is 2.69. The zero-order valence-electron chi connectivity index (χ0n) is 17.1. The average Bonchev–Trinajstić information content (AvgIpc) is 2.69. The Morgan fingerprint density at radius 2 is 1.40 bits per heavy atom. The maximum absolute atomic E-state index is 13.7. The predicted octanol–water partition coefficient (Wildman–Crippen LogP) is -10.6. The number of Topliss-reactive ketones (excluding diaryl/α,β-unsaturated/α-hetero) is 1. The Hall–Kier alpha value is -0.211. The Bertz CT molecular complexity index is 829. The molecule has 2 nitrogen and oxygen atoms in total. The highest BCUT2D eigenvalue weighted by atomic mass is 35.5. The van der Waals surface area contributed by atoms with Crippen LogP contribution < -0.4 is 33.0 Å². The topological polar surface area (TPSA) is 43.1 Å². The van der Waals surface area contributed by atoms with E-state index in [4.69, 9.17) is 17.2 Å².